The summed E-state index contributed by atoms with van der Waals surface area (Å²) in [5.41, 5.74) is 0. The number of carbonyl (C=O) groups is 1. The van der Waals surface area contributed by atoms with E-state index in [-0.39, 0.29) is 9.19 Å². The van der Waals surface area contributed by atoms with Crippen LogP contribution >= 0.6 is 23.5 Å². The lowest BCUT2D eigenvalue weighted by molar-refractivity contribution is 0.276. The van der Waals surface area contributed by atoms with Gasteiger partial charge < -0.3 is 0 Å². The van der Waals surface area contributed by atoms with Crippen LogP contribution in [-0.4, -0.2) is 15.5 Å². The van der Waals surface area contributed by atoms with Gasteiger partial charge in [-0.05, 0) is 20.1 Å². The molecular formula is C7H12OS2. The molecule has 0 saturated carbocycles. The van der Waals surface area contributed by atoms with Crippen LogP contribution in [0.5, 0.6) is 0 Å². The lowest BCUT2D eigenvalue weighted by Crippen LogP contribution is -2.11. The number of rotatable bonds is 2. The van der Waals surface area contributed by atoms with E-state index < -0.39 is 0 Å². The van der Waals surface area contributed by atoms with Crippen molar-refractivity contribution < 1.29 is 4.79 Å². The first-order valence-corrected chi connectivity index (χ1v) is 4.96. The van der Waals surface area contributed by atoms with Crippen LogP contribution < -0.4 is 0 Å². The summed E-state index contributed by atoms with van der Waals surface area (Å²) in [7, 11) is 0. The Morgan fingerprint density at radius 2 is 2.10 bits per heavy atom. The molecule has 0 bridgehead atoms. The molecule has 0 aromatic rings. The highest BCUT2D eigenvalue weighted by Gasteiger charge is 2.17. The fourth-order valence-electron chi connectivity index (χ4n) is 0.298. The zero-order chi connectivity index (χ0) is 8.20. The van der Waals surface area contributed by atoms with Crippen molar-refractivity contribution in [3.8, 4) is 0 Å². The summed E-state index contributed by atoms with van der Waals surface area (Å²) in [4.78, 5) is 10.9. The first kappa shape index (κ1) is 10.1. The summed E-state index contributed by atoms with van der Waals surface area (Å²) in [5, 5.41) is 0. The highest BCUT2D eigenvalue weighted by atomic mass is 32.2. The van der Waals surface area contributed by atoms with Gasteiger partial charge in [-0.25, -0.2) is 0 Å². The Hall–Kier alpha value is 0.110. The summed E-state index contributed by atoms with van der Waals surface area (Å²) >= 11 is 2.55. The van der Waals surface area contributed by atoms with Gasteiger partial charge in [0.15, 0.2) is 0 Å². The third kappa shape index (κ3) is 4.01. The maximum atomic E-state index is 10.9. The molecule has 0 saturated heterocycles. The summed E-state index contributed by atoms with van der Waals surface area (Å²) in [6.45, 7) is 7.58. The van der Waals surface area contributed by atoms with Crippen LogP contribution in [0, 0.1) is 0 Å². The second kappa shape index (κ2) is 4.09. The molecule has 10 heavy (non-hydrogen) atoms. The Morgan fingerprint density at radius 3 is 2.40 bits per heavy atom. The molecule has 0 radical (unpaired) electrons. The van der Waals surface area contributed by atoms with Crippen LogP contribution in [0.15, 0.2) is 12.7 Å². The van der Waals surface area contributed by atoms with Crippen LogP contribution in [-0.2, 0) is 0 Å². The number of hydrogen-bond donors (Lipinski definition) is 0. The lowest BCUT2D eigenvalue weighted by Gasteiger charge is -2.15. The van der Waals surface area contributed by atoms with Crippen LogP contribution in [0.2, 0.25) is 0 Å². The van der Waals surface area contributed by atoms with Crippen molar-refractivity contribution in [3.63, 3.8) is 0 Å². The van der Waals surface area contributed by atoms with Crippen molar-refractivity contribution in [2.45, 2.75) is 18.6 Å². The molecule has 0 rings (SSSR count). The SMILES string of the molecule is C=CC(C)(C)SC(=O)SC. The van der Waals surface area contributed by atoms with E-state index in [0.29, 0.717) is 0 Å². The number of carbonyl (C=O) groups excluding carboxylic acids is 1. The van der Waals surface area contributed by atoms with Gasteiger partial charge in [-0.3, -0.25) is 4.79 Å². The van der Waals surface area contributed by atoms with Crippen LogP contribution in [0.3, 0.4) is 0 Å². The quantitative estimate of drug-likeness (QED) is 0.602. The summed E-state index contributed by atoms with van der Waals surface area (Å²) in [6, 6.07) is 0. The van der Waals surface area contributed by atoms with Gasteiger partial charge in [-0.1, -0.05) is 29.6 Å². The van der Waals surface area contributed by atoms with E-state index in [1.807, 2.05) is 13.8 Å². The van der Waals surface area contributed by atoms with Gasteiger partial charge in [0.25, 0.3) is 0 Å². The molecule has 0 aliphatic rings. The van der Waals surface area contributed by atoms with Crippen molar-refractivity contribution in [2.75, 3.05) is 6.26 Å². The maximum Gasteiger partial charge on any atom is 0.246 e. The topological polar surface area (TPSA) is 17.1 Å². The molecule has 0 atom stereocenters. The highest BCUT2D eigenvalue weighted by Crippen LogP contribution is 2.29. The average molecular weight is 176 g/mol. The molecule has 0 aliphatic carbocycles. The normalized spacial score (nSPS) is 11.1. The fraction of sp³-hybridized carbons (Fsp3) is 0.571. The third-order valence-electron chi connectivity index (χ3n) is 1.00. The molecule has 0 heterocycles. The maximum absolute atomic E-state index is 10.9. The number of hydrogen-bond acceptors (Lipinski definition) is 3. The van der Waals surface area contributed by atoms with E-state index in [1.165, 1.54) is 23.5 Å². The van der Waals surface area contributed by atoms with E-state index in [2.05, 4.69) is 6.58 Å². The molecule has 0 amide bonds. The second-order valence-electron chi connectivity index (χ2n) is 2.36. The van der Waals surface area contributed by atoms with Crippen molar-refractivity contribution in [1.82, 2.24) is 0 Å². The average Bonchev–Trinajstić information content (AvgIpc) is 1.87. The Bertz CT molecular complexity index is 141. The van der Waals surface area contributed by atoms with Crippen molar-refractivity contribution in [1.29, 1.82) is 0 Å². The molecule has 0 fully saturated rings. The van der Waals surface area contributed by atoms with E-state index in [4.69, 9.17) is 0 Å². The predicted molar refractivity (Wildman–Crippen MR) is 50.8 cm³/mol. The zero-order valence-electron chi connectivity index (χ0n) is 6.51. The summed E-state index contributed by atoms with van der Waals surface area (Å²) in [6.07, 6.45) is 3.57. The second-order valence-corrected chi connectivity index (χ2v) is 5.03. The third-order valence-corrected chi connectivity index (χ3v) is 2.95. The van der Waals surface area contributed by atoms with E-state index in [0.717, 1.165) is 0 Å². The van der Waals surface area contributed by atoms with Crippen LogP contribution in [0.25, 0.3) is 0 Å². The zero-order valence-corrected chi connectivity index (χ0v) is 8.14. The Labute approximate surface area is 70.6 Å². The van der Waals surface area contributed by atoms with Gasteiger partial charge in [0, 0.05) is 4.75 Å². The molecule has 1 nitrogen and oxygen atoms in total. The molecule has 0 aromatic heterocycles. The Morgan fingerprint density at radius 1 is 1.60 bits per heavy atom. The minimum atomic E-state index is -0.125. The Balaban J connectivity index is 3.88. The van der Waals surface area contributed by atoms with Crippen molar-refractivity contribution >= 4 is 28.0 Å². The first-order valence-electron chi connectivity index (χ1n) is 2.92. The van der Waals surface area contributed by atoms with Gasteiger partial charge in [0.2, 0.25) is 4.45 Å². The van der Waals surface area contributed by atoms with Gasteiger partial charge in [-0.2, -0.15) is 0 Å². The first-order chi connectivity index (χ1) is 4.52. The minimum absolute atomic E-state index is 0.125. The van der Waals surface area contributed by atoms with E-state index in [9.17, 15) is 4.79 Å². The van der Waals surface area contributed by atoms with E-state index >= 15 is 0 Å². The molecule has 0 aromatic carbocycles. The molecular weight excluding hydrogens is 164 g/mol. The van der Waals surface area contributed by atoms with Crippen LogP contribution in [0.4, 0.5) is 4.79 Å². The minimum Gasteiger partial charge on any atom is -0.274 e. The van der Waals surface area contributed by atoms with Crippen LogP contribution in [0.1, 0.15) is 13.8 Å². The highest BCUT2D eigenvalue weighted by molar-refractivity contribution is 8.38. The smallest absolute Gasteiger partial charge is 0.246 e. The monoisotopic (exact) mass is 176 g/mol. The summed E-state index contributed by atoms with van der Waals surface area (Å²) in [5.74, 6) is 0. The molecule has 0 aliphatic heterocycles. The van der Waals surface area contributed by atoms with Crippen molar-refractivity contribution in [3.05, 3.63) is 12.7 Å². The molecule has 0 unspecified atom stereocenters. The standard InChI is InChI=1S/C7H12OS2/c1-5-7(2,3)10-6(8)9-4/h5H,1H2,2-4H3. The molecule has 0 N–H and O–H groups in total. The van der Waals surface area contributed by atoms with Gasteiger partial charge in [0.1, 0.15) is 0 Å². The molecule has 3 heteroatoms. The fourth-order valence-corrected chi connectivity index (χ4v) is 1.79. The number of thioether (sulfide) groups is 2. The van der Waals surface area contributed by atoms with Gasteiger partial charge in [-0.15, -0.1) is 6.58 Å². The van der Waals surface area contributed by atoms with Crippen molar-refractivity contribution in [2.24, 2.45) is 0 Å². The van der Waals surface area contributed by atoms with Gasteiger partial charge >= 0.3 is 0 Å². The Kier molecular flexibility index (Phi) is 4.13. The summed E-state index contributed by atoms with van der Waals surface area (Å²) < 4.78 is 0.0185. The largest absolute Gasteiger partial charge is 0.274 e. The molecule has 58 valence electrons. The lowest BCUT2D eigenvalue weighted by atomic mass is 10.2. The van der Waals surface area contributed by atoms with E-state index in [1.54, 1.807) is 12.3 Å². The van der Waals surface area contributed by atoms with Gasteiger partial charge in [0.05, 0.1) is 0 Å². The molecule has 0 spiro atoms. The predicted octanol–water partition coefficient (Wildman–Crippen LogP) is 3.17.